The molecule has 0 amide bonds. The molecule has 0 atom stereocenters. The largest absolute Gasteiger partial charge is 0.257 e. The summed E-state index contributed by atoms with van der Waals surface area (Å²) in [6.07, 6.45) is 0. The highest BCUT2D eigenvalue weighted by Gasteiger charge is 2.37. The van der Waals surface area contributed by atoms with Gasteiger partial charge in [0, 0.05) is 0 Å². The monoisotopic (exact) mass is 207 g/mol. The Balaban J connectivity index is 5.06. The summed E-state index contributed by atoms with van der Waals surface area (Å²) in [4.78, 5) is 0. The topological polar surface area (TPSA) is 13.0 Å². The van der Waals surface area contributed by atoms with Crippen LogP contribution in [-0.4, -0.2) is 75.1 Å². The Morgan fingerprint density at radius 1 is 0.462 bits per heavy atom. The van der Waals surface area contributed by atoms with Crippen molar-refractivity contribution in [3.63, 3.8) is 0 Å². The van der Waals surface area contributed by atoms with Crippen LogP contribution in [0.4, 0.5) is 0 Å². The molecule has 81 valence electrons. The Morgan fingerprint density at radius 2 is 0.615 bits per heavy atom. The van der Waals surface area contributed by atoms with E-state index in [2.05, 4.69) is 75.1 Å². The summed E-state index contributed by atoms with van der Waals surface area (Å²) in [5.41, 5.74) is 0. The van der Waals surface area contributed by atoms with E-state index in [-0.39, 0.29) is 0 Å². The number of hydrogen-bond acceptors (Lipinski definition) is 4. The summed E-state index contributed by atoms with van der Waals surface area (Å²) < 4.78 is 9.19. The van der Waals surface area contributed by atoms with Crippen LogP contribution in [0.1, 0.15) is 0 Å². The van der Waals surface area contributed by atoms with Gasteiger partial charge in [-0.15, -0.1) is 0 Å². The first-order valence-electron chi connectivity index (χ1n) is 4.38. The van der Waals surface area contributed by atoms with E-state index in [0.717, 1.165) is 0 Å². The van der Waals surface area contributed by atoms with Crippen LogP contribution in [0.2, 0.25) is 0 Å². The lowest BCUT2D eigenvalue weighted by molar-refractivity contribution is 0.384. The van der Waals surface area contributed by atoms with Crippen LogP contribution in [-0.2, 0) is 0 Å². The minimum Gasteiger partial charge on any atom is -0.257 e. The maximum absolute atomic E-state index is 2.30. The molecule has 0 bridgehead atoms. The Morgan fingerprint density at radius 3 is 0.615 bits per heavy atom. The average molecular weight is 207 g/mol. The first kappa shape index (κ1) is 13.3. The van der Waals surface area contributed by atoms with Gasteiger partial charge >= 0.3 is 0 Å². The van der Waals surface area contributed by atoms with E-state index in [1.807, 2.05) is 0 Å². The minimum absolute atomic E-state index is 1.45. The minimum atomic E-state index is -1.45. The van der Waals surface area contributed by atoms with Gasteiger partial charge in [0.15, 0.2) is 0 Å². The van der Waals surface area contributed by atoms with E-state index in [1.165, 1.54) is 0 Å². The summed E-state index contributed by atoms with van der Waals surface area (Å²) >= 11 is 0. The Bertz CT molecular complexity index is 119. The molecule has 0 aromatic heterocycles. The van der Waals surface area contributed by atoms with Crippen LogP contribution in [0.5, 0.6) is 0 Å². The van der Waals surface area contributed by atoms with Crippen molar-refractivity contribution in [2.75, 3.05) is 56.4 Å². The molecule has 0 aliphatic carbocycles. The van der Waals surface area contributed by atoms with Crippen LogP contribution in [0.25, 0.3) is 0 Å². The summed E-state index contributed by atoms with van der Waals surface area (Å²) in [7, 11) is 15.6. The second-order valence-electron chi connectivity index (χ2n) is 3.93. The smallest absolute Gasteiger partial charge is 0.126 e. The molecule has 0 spiro atoms. The SMILES string of the molecule is CN(C)[P](N(C)C)(N(C)C)N(C)C. The third kappa shape index (κ3) is 2.20. The summed E-state index contributed by atoms with van der Waals surface area (Å²) in [5, 5.41) is 0. The summed E-state index contributed by atoms with van der Waals surface area (Å²) in [6, 6.07) is 0. The highest BCUT2D eigenvalue weighted by Crippen LogP contribution is 2.64. The Kier molecular flexibility index (Phi) is 4.77. The Hall–Kier alpha value is 0.270. The molecular formula is C8H24N4P. The lowest BCUT2D eigenvalue weighted by Crippen LogP contribution is -2.43. The van der Waals surface area contributed by atoms with Crippen molar-refractivity contribution in [3.05, 3.63) is 0 Å². The number of hydrogen-bond donors (Lipinski definition) is 0. The van der Waals surface area contributed by atoms with E-state index in [1.54, 1.807) is 0 Å². The van der Waals surface area contributed by atoms with Crippen LogP contribution in [0, 0.1) is 0 Å². The summed E-state index contributed by atoms with van der Waals surface area (Å²) in [6.45, 7) is 0. The fraction of sp³-hybridized carbons (Fsp3) is 1.00. The van der Waals surface area contributed by atoms with Gasteiger partial charge in [0.1, 0.15) is 7.87 Å². The molecule has 0 fully saturated rings. The second-order valence-corrected chi connectivity index (χ2v) is 8.20. The normalized spacial score (nSPS) is 13.8. The van der Waals surface area contributed by atoms with Crippen LogP contribution in [0.3, 0.4) is 0 Å². The van der Waals surface area contributed by atoms with Crippen molar-refractivity contribution < 1.29 is 0 Å². The standard InChI is InChI=1S/C8H24N4P/c1-9(2)13(10(3)4,11(5)6)12(7)8/h1-8H3. The predicted octanol–water partition coefficient (Wildman–Crippen LogP) is 0.910. The second kappa shape index (κ2) is 4.67. The van der Waals surface area contributed by atoms with Crippen molar-refractivity contribution in [2.45, 2.75) is 0 Å². The lowest BCUT2D eigenvalue weighted by Gasteiger charge is -2.54. The van der Waals surface area contributed by atoms with Gasteiger partial charge in [0.25, 0.3) is 0 Å². The molecule has 13 heavy (non-hydrogen) atoms. The fourth-order valence-corrected chi connectivity index (χ4v) is 6.44. The van der Waals surface area contributed by atoms with Crippen molar-refractivity contribution in [1.82, 2.24) is 18.7 Å². The van der Waals surface area contributed by atoms with Gasteiger partial charge in [0.2, 0.25) is 0 Å². The molecule has 0 saturated heterocycles. The molecule has 0 N–H and O–H groups in total. The highest BCUT2D eigenvalue weighted by molar-refractivity contribution is 7.66. The third-order valence-electron chi connectivity index (χ3n) is 2.15. The van der Waals surface area contributed by atoms with Gasteiger partial charge in [-0.3, -0.25) is 18.7 Å². The molecule has 4 nitrogen and oxygen atoms in total. The van der Waals surface area contributed by atoms with E-state index < -0.39 is 7.87 Å². The zero-order valence-electron chi connectivity index (χ0n) is 10.2. The zero-order chi connectivity index (χ0) is 10.8. The quantitative estimate of drug-likeness (QED) is 0.635. The van der Waals surface area contributed by atoms with Gasteiger partial charge in [-0.05, 0) is 56.4 Å². The first-order chi connectivity index (χ1) is 5.77. The van der Waals surface area contributed by atoms with E-state index >= 15 is 0 Å². The molecule has 0 unspecified atom stereocenters. The fourth-order valence-electron chi connectivity index (χ4n) is 2.15. The molecule has 0 aliphatic heterocycles. The molecular weight excluding hydrogens is 183 g/mol. The van der Waals surface area contributed by atoms with Gasteiger partial charge < -0.3 is 0 Å². The van der Waals surface area contributed by atoms with Crippen molar-refractivity contribution in [1.29, 1.82) is 0 Å². The molecule has 0 saturated carbocycles. The van der Waals surface area contributed by atoms with Crippen molar-refractivity contribution in [2.24, 2.45) is 0 Å². The van der Waals surface area contributed by atoms with Gasteiger partial charge in [-0.1, -0.05) is 0 Å². The Labute approximate surface area is 83.6 Å². The maximum Gasteiger partial charge on any atom is 0.126 e. The lowest BCUT2D eigenvalue weighted by atomic mass is 11.2. The first-order valence-corrected chi connectivity index (χ1v) is 5.98. The molecule has 0 heterocycles. The number of rotatable bonds is 4. The van der Waals surface area contributed by atoms with Gasteiger partial charge in [-0.2, -0.15) is 0 Å². The van der Waals surface area contributed by atoms with Gasteiger partial charge in [0.05, 0.1) is 0 Å². The van der Waals surface area contributed by atoms with Crippen LogP contribution in [0.15, 0.2) is 0 Å². The van der Waals surface area contributed by atoms with E-state index in [9.17, 15) is 0 Å². The van der Waals surface area contributed by atoms with Crippen molar-refractivity contribution >= 4 is 7.87 Å². The van der Waals surface area contributed by atoms with E-state index in [4.69, 9.17) is 0 Å². The molecule has 0 aliphatic rings. The van der Waals surface area contributed by atoms with Gasteiger partial charge in [-0.25, -0.2) is 0 Å². The molecule has 0 aromatic rings. The molecule has 0 rings (SSSR count). The number of nitrogens with zero attached hydrogens (tertiary/aromatic N) is 4. The molecule has 1 radical (unpaired) electrons. The van der Waals surface area contributed by atoms with Crippen LogP contribution >= 0.6 is 7.87 Å². The molecule has 5 heteroatoms. The van der Waals surface area contributed by atoms with E-state index in [0.29, 0.717) is 0 Å². The summed E-state index contributed by atoms with van der Waals surface area (Å²) in [5.74, 6) is 0. The predicted molar refractivity (Wildman–Crippen MR) is 61.7 cm³/mol. The molecule has 0 aromatic carbocycles. The maximum atomic E-state index is 2.30. The zero-order valence-corrected chi connectivity index (χ0v) is 11.1. The van der Waals surface area contributed by atoms with Crippen LogP contribution < -0.4 is 0 Å². The third-order valence-corrected chi connectivity index (χ3v) is 6.44. The van der Waals surface area contributed by atoms with Crippen molar-refractivity contribution in [3.8, 4) is 0 Å². The highest BCUT2D eigenvalue weighted by atomic mass is 31.2. The average Bonchev–Trinajstić information content (AvgIpc) is 1.82.